The fourth-order valence-corrected chi connectivity index (χ4v) is 2.30. The second-order valence-electron chi connectivity index (χ2n) is 5.14. The van der Waals surface area contributed by atoms with Gasteiger partial charge < -0.3 is 5.11 Å². The first-order valence-corrected chi connectivity index (χ1v) is 6.33. The summed E-state index contributed by atoms with van der Waals surface area (Å²) in [5.41, 5.74) is 1.33. The van der Waals surface area contributed by atoms with Crippen LogP contribution in [0, 0.1) is 11.8 Å². The van der Waals surface area contributed by atoms with Crippen molar-refractivity contribution in [2.45, 2.75) is 46.5 Å². The molecule has 0 saturated carbocycles. The van der Waals surface area contributed by atoms with Crippen molar-refractivity contribution in [2.75, 3.05) is 0 Å². The number of hydrogen-bond acceptors (Lipinski definition) is 1. The monoisotopic (exact) mass is 220 g/mol. The minimum atomic E-state index is 0.354. The summed E-state index contributed by atoms with van der Waals surface area (Å²) >= 11 is 0. The van der Waals surface area contributed by atoms with Gasteiger partial charge in [0.05, 0.1) is 0 Å². The van der Waals surface area contributed by atoms with Gasteiger partial charge in [-0.1, -0.05) is 46.2 Å². The summed E-state index contributed by atoms with van der Waals surface area (Å²) in [7, 11) is 0. The number of rotatable bonds is 5. The normalized spacial score (nSPS) is 15.1. The number of hydrogen-bond donors (Lipinski definition) is 1. The van der Waals surface area contributed by atoms with E-state index in [0.29, 0.717) is 11.7 Å². The van der Waals surface area contributed by atoms with Crippen LogP contribution in [0.15, 0.2) is 24.3 Å². The van der Waals surface area contributed by atoms with Gasteiger partial charge in [0, 0.05) is 0 Å². The predicted octanol–water partition coefficient (Wildman–Crippen LogP) is 4.57. The third-order valence-electron chi connectivity index (χ3n) is 3.59. The lowest BCUT2D eigenvalue weighted by Crippen LogP contribution is -2.11. The van der Waals surface area contributed by atoms with Crippen LogP contribution in [0.25, 0.3) is 0 Å². The van der Waals surface area contributed by atoms with Crippen molar-refractivity contribution in [2.24, 2.45) is 11.8 Å². The van der Waals surface area contributed by atoms with E-state index in [4.69, 9.17) is 0 Å². The van der Waals surface area contributed by atoms with E-state index in [2.05, 4.69) is 27.7 Å². The zero-order valence-corrected chi connectivity index (χ0v) is 10.9. The van der Waals surface area contributed by atoms with E-state index in [-0.39, 0.29) is 0 Å². The quantitative estimate of drug-likeness (QED) is 0.770. The Bertz CT molecular complexity index is 300. The van der Waals surface area contributed by atoms with Gasteiger partial charge in [-0.2, -0.15) is 0 Å². The van der Waals surface area contributed by atoms with Gasteiger partial charge in [0.15, 0.2) is 0 Å². The van der Waals surface area contributed by atoms with Gasteiger partial charge in [-0.15, -0.1) is 0 Å². The molecule has 0 aromatic heterocycles. The number of benzene rings is 1. The maximum atomic E-state index is 9.25. The molecular weight excluding hydrogens is 196 g/mol. The van der Waals surface area contributed by atoms with Crippen molar-refractivity contribution in [3.8, 4) is 5.75 Å². The fourth-order valence-electron chi connectivity index (χ4n) is 2.30. The van der Waals surface area contributed by atoms with Crippen molar-refractivity contribution in [3.63, 3.8) is 0 Å². The van der Waals surface area contributed by atoms with Gasteiger partial charge in [0.2, 0.25) is 0 Å². The number of phenols is 1. The Morgan fingerprint density at radius 1 is 1.06 bits per heavy atom. The highest BCUT2D eigenvalue weighted by atomic mass is 16.3. The Hall–Kier alpha value is -0.980. The third-order valence-corrected chi connectivity index (χ3v) is 3.59. The summed E-state index contributed by atoms with van der Waals surface area (Å²) in [4.78, 5) is 0. The molecule has 1 rings (SSSR count). The van der Waals surface area contributed by atoms with Gasteiger partial charge in [0.1, 0.15) is 5.75 Å². The molecule has 0 heterocycles. The summed E-state index contributed by atoms with van der Waals surface area (Å²) in [6, 6.07) is 7.63. The van der Waals surface area contributed by atoms with E-state index in [1.165, 1.54) is 18.4 Å². The highest BCUT2D eigenvalue weighted by Gasteiger charge is 2.16. The molecule has 1 aromatic carbocycles. The molecule has 1 nitrogen and oxygen atoms in total. The molecule has 0 fully saturated rings. The standard InChI is InChI=1S/C15H24O/c1-5-13(11(2)3)10-12(4)14-6-8-15(16)9-7-14/h6-9,11-13,16H,5,10H2,1-4H3. The molecule has 1 aromatic rings. The predicted molar refractivity (Wildman–Crippen MR) is 69.8 cm³/mol. The van der Waals surface area contributed by atoms with Crippen LogP contribution in [0.3, 0.4) is 0 Å². The Morgan fingerprint density at radius 3 is 2.06 bits per heavy atom. The van der Waals surface area contributed by atoms with E-state index in [1.807, 2.05) is 12.1 Å². The SMILES string of the molecule is CCC(CC(C)c1ccc(O)cc1)C(C)C. The third kappa shape index (κ3) is 3.55. The van der Waals surface area contributed by atoms with Crippen LogP contribution >= 0.6 is 0 Å². The maximum Gasteiger partial charge on any atom is 0.115 e. The fraction of sp³-hybridized carbons (Fsp3) is 0.600. The summed E-state index contributed by atoms with van der Waals surface area (Å²) in [6.07, 6.45) is 2.49. The van der Waals surface area contributed by atoms with Crippen molar-refractivity contribution in [1.29, 1.82) is 0 Å². The second kappa shape index (κ2) is 5.93. The molecule has 16 heavy (non-hydrogen) atoms. The zero-order valence-electron chi connectivity index (χ0n) is 10.9. The van der Waals surface area contributed by atoms with Gasteiger partial charge >= 0.3 is 0 Å². The van der Waals surface area contributed by atoms with Crippen LogP contribution in [-0.2, 0) is 0 Å². The first-order chi connectivity index (χ1) is 7.54. The molecule has 0 aliphatic rings. The summed E-state index contributed by atoms with van der Waals surface area (Å²) in [6.45, 7) is 9.15. The lowest BCUT2D eigenvalue weighted by molar-refractivity contribution is 0.329. The van der Waals surface area contributed by atoms with E-state index in [1.54, 1.807) is 12.1 Å². The Labute approximate surface area is 99.5 Å². The van der Waals surface area contributed by atoms with Crippen molar-refractivity contribution in [1.82, 2.24) is 0 Å². The van der Waals surface area contributed by atoms with Crippen LogP contribution in [0.1, 0.15) is 52.0 Å². The van der Waals surface area contributed by atoms with Crippen molar-refractivity contribution >= 4 is 0 Å². The molecule has 1 N–H and O–H groups in total. The van der Waals surface area contributed by atoms with Crippen molar-refractivity contribution < 1.29 is 5.11 Å². The van der Waals surface area contributed by atoms with Crippen LogP contribution in [0.2, 0.25) is 0 Å². The van der Waals surface area contributed by atoms with Gasteiger partial charge in [0.25, 0.3) is 0 Å². The average Bonchev–Trinajstić information content (AvgIpc) is 2.26. The maximum absolute atomic E-state index is 9.25. The molecule has 0 spiro atoms. The highest BCUT2D eigenvalue weighted by molar-refractivity contribution is 5.27. The zero-order chi connectivity index (χ0) is 12.1. The molecule has 0 saturated heterocycles. The molecule has 0 radical (unpaired) electrons. The van der Waals surface area contributed by atoms with Gasteiger partial charge in [-0.05, 0) is 41.9 Å². The molecule has 0 aliphatic heterocycles. The molecule has 2 atom stereocenters. The Kier molecular flexibility index (Phi) is 4.85. The first kappa shape index (κ1) is 13.1. The summed E-state index contributed by atoms with van der Waals surface area (Å²) in [5, 5.41) is 9.25. The van der Waals surface area contributed by atoms with Crippen molar-refractivity contribution in [3.05, 3.63) is 29.8 Å². The Morgan fingerprint density at radius 2 is 1.62 bits per heavy atom. The van der Waals surface area contributed by atoms with Crippen LogP contribution in [0.5, 0.6) is 5.75 Å². The summed E-state index contributed by atoms with van der Waals surface area (Å²) in [5.74, 6) is 2.48. The highest BCUT2D eigenvalue weighted by Crippen LogP contribution is 2.29. The van der Waals surface area contributed by atoms with E-state index in [9.17, 15) is 5.11 Å². The topological polar surface area (TPSA) is 20.2 Å². The number of phenolic OH excluding ortho intramolecular Hbond substituents is 1. The average molecular weight is 220 g/mol. The van der Waals surface area contributed by atoms with E-state index < -0.39 is 0 Å². The largest absolute Gasteiger partial charge is 0.508 e. The smallest absolute Gasteiger partial charge is 0.115 e. The molecule has 1 heteroatoms. The van der Waals surface area contributed by atoms with Gasteiger partial charge in [-0.25, -0.2) is 0 Å². The van der Waals surface area contributed by atoms with Crippen LogP contribution in [-0.4, -0.2) is 5.11 Å². The number of aromatic hydroxyl groups is 1. The van der Waals surface area contributed by atoms with Crippen LogP contribution in [0.4, 0.5) is 0 Å². The van der Waals surface area contributed by atoms with Crippen LogP contribution < -0.4 is 0 Å². The molecular formula is C15H24O. The molecule has 0 amide bonds. The molecule has 90 valence electrons. The second-order valence-corrected chi connectivity index (χ2v) is 5.14. The molecule has 0 bridgehead atoms. The lowest BCUT2D eigenvalue weighted by atomic mass is 9.83. The summed E-state index contributed by atoms with van der Waals surface area (Å²) < 4.78 is 0. The first-order valence-electron chi connectivity index (χ1n) is 6.33. The minimum Gasteiger partial charge on any atom is -0.508 e. The molecule has 2 unspecified atom stereocenters. The Balaban J connectivity index is 2.64. The van der Waals surface area contributed by atoms with Gasteiger partial charge in [-0.3, -0.25) is 0 Å². The lowest BCUT2D eigenvalue weighted by Gasteiger charge is -2.23. The molecule has 0 aliphatic carbocycles. The van der Waals surface area contributed by atoms with E-state index >= 15 is 0 Å². The minimum absolute atomic E-state index is 0.354. The van der Waals surface area contributed by atoms with E-state index in [0.717, 1.165) is 11.8 Å².